The summed E-state index contributed by atoms with van der Waals surface area (Å²) in [5, 5.41) is 2.91. The van der Waals surface area contributed by atoms with Crippen molar-refractivity contribution in [3.63, 3.8) is 0 Å². The van der Waals surface area contributed by atoms with Gasteiger partial charge in [0.25, 0.3) is 5.89 Å². The van der Waals surface area contributed by atoms with Crippen molar-refractivity contribution < 1.29 is 13.6 Å². The van der Waals surface area contributed by atoms with Crippen LogP contribution in [-0.2, 0) is 17.6 Å². The summed E-state index contributed by atoms with van der Waals surface area (Å²) in [5.74, 6) is 1.53. The number of nitrogens with one attached hydrogen (secondary N) is 1. The number of hydrogen-bond acceptors (Lipinski definition) is 4. The molecule has 23 heavy (non-hydrogen) atoms. The summed E-state index contributed by atoms with van der Waals surface area (Å²) in [6.45, 7) is 2.40. The minimum atomic E-state index is -0.0664. The SMILES string of the molecule is Cc1oc(-c2ccco2)nc1CC(=O)NCCc1ccccc1. The van der Waals surface area contributed by atoms with E-state index in [4.69, 9.17) is 8.83 Å². The number of aromatic nitrogens is 1. The van der Waals surface area contributed by atoms with Gasteiger partial charge >= 0.3 is 0 Å². The highest BCUT2D eigenvalue weighted by molar-refractivity contribution is 5.78. The molecule has 0 aliphatic rings. The Hall–Kier alpha value is -2.82. The summed E-state index contributed by atoms with van der Waals surface area (Å²) in [5.41, 5.74) is 1.83. The molecule has 3 aromatic rings. The maximum atomic E-state index is 12.0. The molecule has 1 amide bonds. The number of aryl methyl sites for hydroxylation is 1. The molecular weight excluding hydrogens is 292 g/mol. The predicted molar refractivity (Wildman–Crippen MR) is 85.8 cm³/mol. The Kier molecular flexibility index (Phi) is 4.57. The average molecular weight is 310 g/mol. The van der Waals surface area contributed by atoms with Gasteiger partial charge in [-0.1, -0.05) is 30.3 Å². The number of hydrogen-bond donors (Lipinski definition) is 1. The second kappa shape index (κ2) is 6.96. The van der Waals surface area contributed by atoms with Gasteiger partial charge in [-0.25, -0.2) is 4.98 Å². The fourth-order valence-electron chi connectivity index (χ4n) is 2.30. The van der Waals surface area contributed by atoms with Crippen LogP contribution in [0.3, 0.4) is 0 Å². The van der Waals surface area contributed by atoms with Gasteiger partial charge in [0.05, 0.1) is 18.4 Å². The van der Waals surface area contributed by atoms with E-state index in [2.05, 4.69) is 10.3 Å². The van der Waals surface area contributed by atoms with Gasteiger partial charge in [0, 0.05) is 6.54 Å². The molecular formula is C18H18N2O3. The van der Waals surface area contributed by atoms with Crippen LogP contribution in [0.2, 0.25) is 0 Å². The molecule has 5 nitrogen and oxygen atoms in total. The number of carbonyl (C=O) groups excluding carboxylic acids is 1. The first kappa shape index (κ1) is 15.1. The van der Waals surface area contributed by atoms with E-state index < -0.39 is 0 Å². The van der Waals surface area contributed by atoms with Crippen LogP contribution >= 0.6 is 0 Å². The molecule has 0 saturated heterocycles. The van der Waals surface area contributed by atoms with Gasteiger partial charge in [0.2, 0.25) is 5.91 Å². The van der Waals surface area contributed by atoms with Crippen LogP contribution in [0.5, 0.6) is 0 Å². The maximum Gasteiger partial charge on any atom is 0.263 e. The minimum Gasteiger partial charge on any atom is -0.459 e. The molecule has 1 aromatic carbocycles. The highest BCUT2D eigenvalue weighted by atomic mass is 16.4. The molecule has 0 radical (unpaired) electrons. The Labute approximate surface area is 134 Å². The van der Waals surface area contributed by atoms with Crippen molar-refractivity contribution in [3.8, 4) is 11.7 Å². The summed E-state index contributed by atoms with van der Waals surface area (Å²) >= 11 is 0. The molecule has 118 valence electrons. The van der Waals surface area contributed by atoms with E-state index in [9.17, 15) is 4.79 Å². The summed E-state index contributed by atoms with van der Waals surface area (Å²) < 4.78 is 10.8. The van der Waals surface area contributed by atoms with Crippen LogP contribution in [0.25, 0.3) is 11.7 Å². The molecule has 2 heterocycles. The lowest BCUT2D eigenvalue weighted by molar-refractivity contribution is -0.120. The Morgan fingerprint density at radius 1 is 1.17 bits per heavy atom. The first-order valence-corrected chi connectivity index (χ1v) is 7.53. The second-order valence-electron chi connectivity index (χ2n) is 5.26. The second-order valence-corrected chi connectivity index (χ2v) is 5.26. The first-order valence-electron chi connectivity index (χ1n) is 7.53. The van der Waals surface area contributed by atoms with E-state index in [0.717, 1.165) is 6.42 Å². The van der Waals surface area contributed by atoms with Gasteiger partial charge in [-0.15, -0.1) is 0 Å². The molecule has 1 N–H and O–H groups in total. The normalized spacial score (nSPS) is 10.7. The van der Waals surface area contributed by atoms with E-state index in [1.165, 1.54) is 5.56 Å². The Balaban J connectivity index is 1.54. The molecule has 0 spiro atoms. The quantitative estimate of drug-likeness (QED) is 0.759. The molecule has 2 aromatic heterocycles. The average Bonchev–Trinajstić information content (AvgIpc) is 3.19. The molecule has 0 fully saturated rings. The lowest BCUT2D eigenvalue weighted by Gasteiger charge is -2.04. The summed E-state index contributed by atoms with van der Waals surface area (Å²) in [7, 11) is 0. The van der Waals surface area contributed by atoms with Crippen LogP contribution in [-0.4, -0.2) is 17.4 Å². The van der Waals surface area contributed by atoms with Gasteiger partial charge in [-0.2, -0.15) is 0 Å². The Bertz CT molecular complexity index is 761. The van der Waals surface area contributed by atoms with Crippen LogP contribution in [0.15, 0.2) is 57.6 Å². The van der Waals surface area contributed by atoms with Crippen molar-refractivity contribution in [3.05, 3.63) is 65.7 Å². The van der Waals surface area contributed by atoms with Gasteiger partial charge in [0.1, 0.15) is 5.76 Å². The van der Waals surface area contributed by atoms with Crippen molar-refractivity contribution in [2.45, 2.75) is 19.8 Å². The Morgan fingerprint density at radius 2 is 2.00 bits per heavy atom. The number of carbonyl (C=O) groups is 1. The summed E-state index contributed by atoms with van der Waals surface area (Å²) in [6, 6.07) is 13.6. The van der Waals surface area contributed by atoms with Crippen LogP contribution < -0.4 is 5.32 Å². The molecule has 0 atom stereocenters. The van der Waals surface area contributed by atoms with Gasteiger partial charge in [0.15, 0.2) is 5.76 Å². The number of nitrogens with zero attached hydrogens (tertiary/aromatic N) is 1. The number of amides is 1. The zero-order chi connectivity index (χ0) is 16.1. The number of furan rings is 1. The van der Waals surface area contributed by atoms with Gasteiger partial charge < -0.3 is 14.2 Å². The largest absolute Gasteiger partial charge is 0.459 e. The third-order valence-electron chi connectivity index (χ3n) is 3.53. The van der Waals surface area contributed by atoms with Gasteiger partial charge in [-0.05, 0) is 31.0 Å². The molecule has 3 rings (SSSR count). The molecule has 0 saturated carbocycles. The first-order chi connectivity index (χ1) is 11.2. The third-order valence-corrected chi connectivity index (χ3v) is 3.53. The number of benzene rings is 1. The van der Waals surface area contributed by atoms with E-state index in [1.54, 1.807) is 25.3 Å². The van der Waals surface area contributed by atoms with Crippen LogP contribution in [0.1, 0.15) is 17.0 Å². The topological polar surface area (TPSA) is 68.3 Å². The minimum absolute atomic E-state index is 0.0664. The van der Waals surface area contributed by atoms with E-state index in [1.807, 2.05) is 30.3 Å². The van der Waals surface area contributed by atoms with Crippen molar-refractivity contribution in [2.75, 3.05) is 6.54 Å². The Morgan fingerprint density at radius 3 is 2.74 bits per heavy atom. The monoisotopic (exact) mass is 310 g/mol. The zero-order valence-electron chi connectivity index (χ0n) is 12.9. The fraction of sp³-hybridized carbons (Fsp3) is 0.222. The molecule has 0 bridgehead atoms. The fourth-order valence-corrected chi connectivity index (χ4v) is 2.30. The summed E-state index contributed by atoms with van der Waals surface area (Å²) in [6.07, 6.45) is 2.57. The number of oxazole rings is 1. The van der Waals surface area contributed by atoms with E-state index >= 15 is 0 Å². The molecule has 0 unspecified atom stereocenters. The third kappa shape index (κ3) is 3.88. The highest BCUT2D eigenvalue weighted by Gasteiger charge is 2.15. The van der Waals surface area contributed by atoms with Crippen molar-refractivity contribution >= 4 is 5.91 Å². The zero-order valence-corrected chi connectivity index (χ0v) is 12.9. The van der Waals surface area contributed by atoms with Gasteiger partial charge in [-0.3, -0.25) is 4.79 Å². The smallest absolute Gasteiger partial charge is 0.263 e. The van der Waals surface area contributed by atoms with Crippen molar-refractivity contribution in [1.82, 2.24) is 10.3 Å². The molecule has 0 aliphatic heterocycles. The van der Waals surface area contributed by atoms with E-state index in [0.29, 0.717) is 29.6 Å². The van der Waals surface area contributed by atoms with Crippen LogP contribution in [0, 0.1) is 6.92 Å². The van der Waals surface area contributed by atoms with Crippen molar-refractivity contribution in [1.29, 1.82) is 0 Å². The lowest BCUT2D eigenvalue weighted by atomic mass is 10.1. The number of rotatable bonds is 6. The lowest BCUT2D eigenvalue weighted by Crippen LogP contribution is -2.27. The predicted octanol–water partition coefficient (Wildman–Crippen LogP) is 3.14. The van der Waals surface area contributed by atoms with Crippen LogP contribution in [0.4, 0.5) is 0 Å². The molecule has 5 heteroatoms. The maximum absolute atomic E-state index is 12.0. The summed E-state index contributed by atoms with van der Waals surface area (Å²) in [4.78, 5) is 16.4. The standard InChI is InChI=1S/C18H18N2O3/c1-13-15(20-18(23-13)16-8-5-11-22-16)12-17(21)19-10-9-14-6-3-2-4-7-14/h2-8,11H,9-10,12H2,1H3,(H,19,21). The van der Waals surface area contributed by atoms with E-state index in [-0.39, 0.29) is 12.3 Å². The van der Waals surface area contributed by atoms with Crippen molar-refractivity contribution in [2.24, 2.45) is 0 Å². The molecule has 0 aliphatic carbocycles. The highest BCUT2D eigenvalue weighted by Crippen LogP contribution is 2.22.